The average molecular weight is 279 g/mol. The molecule has 0 aliphatic heterocycles. The highest BCUT2D eigenvalue weighted by Gasteiger charge is 2.32. The van der Waals surface area contributed by atoms with Gasteiger partial charge in [0.15, 0.2) is 5.76 Å². The molecule has 1 saturated carbocycles. The van der Waals surface area contributed by atoms with Gasteiger partial charge in [0.1, 0.15) is 0 Å². The van der Waals surface area contributed by atoms with Crippen LogP contribution in [-0.4, -0.2) is 16.2 Å². The Morgan fingerprint density at radius 3 is 2.75 bits per heavy atom. The van der Waals surface area contributed by atoms with Crippen molar-refractivity contribution < 1.29 is 14.4 Å². The molecule has 1 aliphatic rings. The van der Waals surface area contributed by atoms with Crippen LogP contribution in [0.2, 0.25) is 0 Å². The van der Waals surface area contributed by atoms with Gasteiger partial charge >= 0.3 is 5.97 Å². The summed E-state index contributed by atoms with van der Waals surface area (Å²) in [6.07, 6.45) is 2.18. The first-order chi connectivity index (χ1) is 5.70. The van der Waals surface area contributed by atoms with E-state index in [4.69, 9.17) is 9.63 Å². The van der Waals surface area contributed by atoms with Crippen molar-refractivity contribution in [3.05, 3.63) is 15.0 Å². The van der Waals surface area contributed by atoms with Crippen LogP contribution in [0.3, 0.4) is 0 Å². The topological polar surface area (TPSA) is 63.3 Å². The molecule has 0 bridgehead atoms. The number of carboxylic acid groups (broad SMARTS) is 1. The Morgan fingerprint density at radius 2 is 2.33 bits per heavy atom. The highest BCUT2D eigenvalue weighted by atomic mass is 127. The average Bonchev–Trinajstić information content (AvgIpc) is 2.75. The van der Waals surface area contributed by atoms with E-state index >= 15 is 0 Å². The van der Waals surface area contributed by atoms with Gasteiger partial charge in [-0.05, 0) is 35.4 Å². The van der Waals surface area contributed by atoms with Crippen molar-refractivity contribution in [3.63, 3.8) is 0 Å². The van der Waals surface area contributed by atoms with Crippen LogP contribution in [0, 0.1) is 3.57 Å². The fraction of sp³-hybridized carbons (Fsp3) is 0.429. The molecule has 1 aromatic heterocycles. The van der Waals surface area contributed by atoms with E-state index < -0.39 is 5.97 Å². The first-order valence-corrected chi connectivity index (χ1v) is 4.66. The lowest BCUT2D eigenvalue weighted by Gasteiger charge is -1.87. The first kappa shape index (κ1) is 8.03. The second-order valence-corrected chi connectivity index (χ2v) is 3.87. The molecule has 0 amide bonds. The van der Waals surface area contributed by atoms with Gasteiger partial charge in [-0.3, -0.25) is 0 Å². The lowest BCUT2D eigenvalue weighted by molar-refractivity contribution is 0.0684. The molecule has 0 spiro atoms. The summed E-state index contributed by atoms with van der Waals surface area (Å²) in [5.41, 5.74) is 0.0394. The number of aromatic carboxylic acids is 1. The third kappa shape index (κ3) is 1.21. The third-order valence-corrected chi connectivity index (χ3v) is 2.85. The van der Waals surface area contributed by atoms with Gasteiger partial charge < -0.3 is 9.63 Å². The first-order valence-electron chi connectivity index (χ1n) is 3.58. The van der Waals surface area contributed by atoms with Gasteiger partial charge in [-0.25, -0.2) is 4.79 Å². The van der Waals surface area contributed by atoms with E-state index in [0.29, 0.717) is 9.49 Å². The molecule has 1 aromatic rings. The molecule has 2 rings (SSSR count). The highest BCUT2D eigenvalue weighted by Crippen LogP contribution is 2.42. The minimum Gasteiger partial charge on any atom is -0.476 e. The summed E-state index contributed by atoms with van der Waals surface area (Å²) in [6, 6.07) is 0. The fourth-order valence-electron chi connectivity index (χ4n) is 1.02. The van der Waals surface area contributed by atoms with Gasteiger partial charge in [-0.2, -0.15) is 0 Å². The Bertz CT molecular complexity index is 329. The molecule has 1 N–H and O–H groups in total. The van der Waals surface area contributed by atoms with E-state index in [1.807, 2.05) is 22.6 Å². The highest BCUT2D eigenvalue weighted by molar-refractivity contribution is 14.1. The minimum atomic E-state index is -1.02. The maximum Gasteiger partial charge on any atom is 0.359 e. The molecule has 1 heterocycles. The molecule has 0 saturated heterocycles. The number of hydrogen-bond donors (Lipinski definition) is 1. The number of aromatic nitrogens is 1. The van der Waals surface area contributed by atoms with Crippen molar-refractivity contribution in [1.29, 1.82) is 0 Å². The molecule has 0 aromatic carbocycles. The van der Waals surface area contributed by atoms with Crippen LogP contribution >= 0.6 is 22.6 Å². The predicted molar refractivity (Wildman–Crippen MR) is 48.2 cm³/mol. The van der Waals surface area contributed by atoms with Gasteiger partial charge in [-0.15, -0.1) is 0 Å². The molecule has 4 nitrogen and oxygen atoms in total. The van der Waals surface area contributed by atoms with Gasteiger partial charge in [0.2, 0.25) is 5.69 Å². The molecule has 0 unspecified atom stereocenters. The van der Waals surface area contributed by atoms with E-state index in [-0.39, 0.29) is 5.69 Å². The molecule has 5 heteroatoms. The molecule has 0 atom stereocenters. The Morgan fingerprint density at radius 1 is 1.67 bits per heavy atom. The Labute approximate surface area is 82.1 Å². The minimum absolute atomic E-state index is 0.0394. The second-order valence-electron chi connectivity index (χ2n) is 2.79. The van der Waals surface area contributed by atoms with Gasteiger partial charge in [-0.1, -0.05) is 5.16 Å². The van der Waals surface area contributed by atoms with Crippen LogP contribution in [0.5, 0.6) is 0 Å². The maximum absolute atomic E-state index is 10.6. The summed E-state index contributed by atoms with van der Waals surface area (Å²) in [5.74, 6) is 0.139. The molecule has 1 fully saturated rings. The number of carboxylic acids is 1. The van der Waals surface area contributed by atoms with Crippen LogP contribution in [0.4, 0.5) is 0 Å². The van der Waals surface area contributed by atoms with E-state index in [1.54, 1.807) is 0 Å². The van der Waals surface area contributed by atoms with Crippen LogP contribution < -0.4 is 0 Å². The lowest BCUT2D eigenvalue weighted by atomic mass is 10.3. The van der Waals surface area contributed by atoms with Crippen molar-refractivity contribution in [2.45, 2.75) is 18.8 Å². The Balaban J connectivity index is 2.39. The Kier molecular flexibility index (Phi) is 1.82. The second kappa shape index (κ2) is 2.72. The summed E-state index contributed by atoms with van der Waals surface area (Å²) in [5, 5.41) is 12.1. The third-order valence-electron chi connectivity index (χ3n) is 1.81. The number of halogens is 1. The number of hydrogen-bond acceptors (Lipinski definition) is 3. The summed E-state index contributed by atoms with van der Waals surface area (Å²) >= 11 is 1.97. The van der Waals surface area contributed by atoms with E-state index in [2.05, 4.69) is 5.16 Å². The predicted octanol–water partition coefficient (Wildman–Crippen LogP) is 1.85. The maximum atomic E-state index is 10.6. The molecule has 0 radical (unpaired) electrons. The normalized spacial score (nSPS) is 16.4. The van der Waals surface area contributed by atoms with Crippen molar-refractivity contribution >= 4 is 28.6 Å². The fourth-order valence-corrected chi connectivity index (χ4v) is 1.89. The standard InChI is InChI=1S/C7H6INO3/c8-4-5(7(10)11)9-12-6(4)3-1-2-3/h3H,1-2H2,(H,10,11). The Hall–Kier alpha value is -0.590. The smallest absolute Gasteiger partial charge is 0.359 e. The number of rotatable bonds is 2. The summed E-state index contributed by atoms with van der Waals surface area (Å²) < 4.78 is 5.60. The zero-order chi connectivity index (χ0) is 8.72. The van der Waals surface area contributed by atoms with Crippen molar-refractivity contribution in [1.82, 2.24) is 5.16 Å². The van der Waals surface area contributed by atoms with E-state index in [9.17, 15) is 4.79 Å². The van der Waals surface area contributed by atoms with Crippen LogP contribution in [0.25, 0.3) is 0 Å². The summed E-state index contributed by atoms with van der Waals surface area (Å²) in [4.78, 5) is 10.6. The van der Waals surface area contributed by atoms with E-state index in [1.165, 1.54) is 0 Å². The van der Waals surface area contributed by atoms with E-state index in [0.717, 1.165) is 18.6 Å². The number of nitrogens with zero attached hydrogens (tertiary/aromatic N) is 1. The lowest BCUT2D eigenvalue weighted by Crippen LogP contribution is -1.98. The zero-order valence-corrected chi connectivity index (χ0v) is 8.24. The van der Waals surface area contributed by atoms with Crippen molar-refractivity contribution in [3.8, 4) is 0 Å². The van der Waals surface area contributed by atoms with Gasteiger partial charge in [0, 0.05) is 5.92 Å². The summed E-state index contributed by atoms with van der Waals surface area (Å²) in [7, 11) is 0. The number of carbonyl (C=O) groups is 1. The summed E-state index contributed by atoms with van der Waals surface area (Å²) in [6.45, 7) is 0. The van der Waals surface area contributed by atoms with Crippen molar-refractivity contribution in [2.24, 2.45) is 0 Å². The van der Waals surface area contributed by atoms with Gasteiger partial charge in [0.05, 0.1) is 3.57 Å². The monoisotopic (exact) mass is 279 g/mol. The van der Waals surface area contributed by atoms with Crippen LogP contribution in [0.15, 0.2) is 4.52 Å². The van der Waals surface area contributed by atoms with Crippen molar-refractivity contribution in [2.75, 3.05) is 0 Å². The largest absolute Gasteiger partial charge is 0.476 e. The quantitative estimate of drug-likeness (QED) is 0.839. The molecule has 64 valence electrons. The van der Waals surface area contributed by atoms with Crippen LogP contribution in [0.1, 0.15) is 35.0 Å². The molecular formula is C7H6INO3. The molecule has 12 heavy (non-hydrogen) atoms. The zero-order valence-electron chi connectivity index (χ0n) is 6.08. The van der Waals surface area contributed by atoms with Crippen LogP contribution in [-0.2, 0) is 0 Å². The molecular weight excluding hydrogens is 273 g/mol. The van der Waals surface area contributed by atoms with Gasteiger partial charge in [0.25, 0.3) is 0 Å². The molecule has 1 aliphatic carbocycles. The SMILES string of the molecule is O=C(O)c1noc(C2CC2)c1I.